The van der Waals surface area contributed by atoms with Gasteiger partial charge in [-0.2, -0.15) is 4.98 Å². The standard InChI is InChI=1S/C21H31N7O.2ClH/c1-12-9-10-14-13(11-12)17(27-20(26-14)28-18(29)21(2,3)4)24-15-7-5-6-8-16(15)25-19(22)23;;/h9-11,15-16H,5-8H2,1-4H3,(H4,22,23,25)(H2,24,26,27,28,29);2*1H/t15-,16+;;/m0../s1. The Kier molecular flexibility index (Phi) is 9.32. The molecule has 1 heterocycles. The first-order chi connectivity index (χ1) is 13.6. The number of aliphatic imine (C=N–C) groups is 1. The van der Waals surface area contributed by atoms with E-state index < -0.39 is 5.41 Å². The Hall–Kier alpha value is -2.32. The number of hydrogen-bond acceptors (Lipinski definition) is 5. The molecular formula is C21H33Cl2N7O. The van der Waals surface area contributed by atoms with Crippen molar-refractivity contribution < 1.29 is 4.79 Å². The largest absolute Gasteiger partial charge is 0.370 e. The molecule has 1 aromatic heterocycles. The molecule has 0 radical (unpaired) electrons. The molecule has 0 unspecified atom stereocenters. The lowest BCUT2D eigenvalue weighted by molar-refractivity contribution is -0.123. The molecule has 1 amide bonds. The molecule has 6 N–H and O–H groups in total. The molecule has 172 valence electrons. The predicted octanol–water partition coefficient (Wildman–Crippen LogP) is 3.76. The number of aromatic nitrogens is 2. The van der Waals surface area contributed by atoms with Crippen LogP contribution in [0.3, 0.4) is 0 Å². The number of hydrogen-bond donors (Lipinski definition) is 4. The van der Waals surface area contributed by atoms with Crippen molar-refractivity contribution in [1.82, 2.24) is 9.97 Å². The molecule has 10 heteroatoms. The van der Waals surface area contributed by atoms with Gasteiger partial charge in [0.15, 0.2) is 5.96 Å². The molecule has 0 saturated heterocycles. The van der Waals surface area contributed by atoms with Gasteiger partial charge in [0.2, 0.25) is 11.9 Å². The van der Waals surface area contributed by atoms with Crippen LogP contribution in [0.2, 0.25) is 0 Å². The number of nitrogens with zero attached hydrogens (tertiary/aromatic N) is 3. The Balaban J connectivity index is 0.00000240. The molecule has 8 nitrogen and oxygen atoms in total. The molecule has 0 bridgehead atoms. The van der Waals surface area contributed by atoms with Gasteiger partial charge in [-0.3, -0.25) is 10.1 Å². The molecule has 1 aliphatic rings. The van der Waals surface area contributed by atoms with Crippen molar-refractivity contribution in [3.8, 4) is 0 Å². The van der Waals surface area contributed by atoms with Crippen molar-refractivity contribution in [2.24, 2.45) is 21.9 Å². The smallest absolute Gasteiger partial charge is 0.232 e. The SMILES string of the molecule is Cc1ccc2nc(NC(=O)C(C)(C)C)nc(N[C@H]3CCCC[C@H]3N=C(N)N)c2c1.Cl.Cl. The zero-order valence-electron chi connectivity index (χ0n) is 18.4. The first-order valence-electron chi connectivity index (χ1n) is 10.1. The summed E-state index contributed by atoms with van der Waals surface area (Å²) in [5.41, 5.74) is 12.6. The second-order valence-electron chi connectivity index (χ2n) is 8.78. The van der Waals surface area contributed by atoms with Gasteiger partial charge in [-0.1, -0.05) is 45.2 Å². The lowest BCUT2D eigenvalue weighted by Crippen LogP contribution is -2.38. The molecule has 31 heavy (non-hydrogen) atoms. The Morgan fingerprint density at radius 3 is 2.45 bits per heavy atom. The normalized spacial score (nSPS) is 18.3. The fraction of sp³-hybridized carbons (Fsp3) is 0.524. The summed E-state index contributed by atoms with van der Waals surface area (Å²) in [5, 5.41) is 7.29. The molecule has 1 fully saturated rings. The topological polar surface area (TPSA) is 131 Å². The first-order valence-corrected chi connectivity index (χ1v) is 10.1. The highest BCUT2D eigenvalue weighted by molar-refractivity contribution is 5.96. The van der Waals surface area contributed by atoms with Crippen LogP contribution in [0, 0.1) is 12.3 Å². The number of benzene rings is 1. The summed E-state index contributed by atoms with van der Waals surface area (Å²) in [6.45, 7) is 7.59. The molecule has 1 saturated carbocycles. The van der Waals surface area contributed by atoms with Crippen molar-refractivity contribution in [3.05, 3.63) is 23.8 Å². The number of halogens is 2. The third-order valence-electron chi connectivity index (χ3n) is 5.12. The zero-order chi connectivity index (χ0) is 21.2. The Morgan fingerprint density at radius 1 is 1.13 bits per heavy atom. The van der Waals surface area contributed by atoms with Crippen LogP contribution >= 0.6 is 24.8 Å². The fourth-order valence-corrected chi connectivity index (χ4v) is 3.50. The highest BCUT2D eigenvalue weighted by Crippen LogP contribution is 2.29. The first kappa shape index (κ1) is 26.7. The average molecular weight is 470 g/mol. The van der Waals surface area contributed by atoms with Crippen molar-refractivity contribution in [2.75, 3.05) is 10.6 Å². The van der Waals surface area contributed by atoms with Gasteiger partial charge in [0.05, 0.1) is 17.6 Å². The number of anilines is 2. The second kappa shape index (κ2) is 10.8. The van der Waals surface area contributed by atoms with E-state index in [1.807, 2.05) is 45.9 Å². The van der Waals surface area contributed by atoms with Crippen LogP contribution < -0.4 is 22.1 Å². The van der Waals surface area contributed by atoms with Crippen molar-refractivity contribution in [1.29, 1.82) is 0 Å². The van der Waals surface area contributed by atoms with Gasteiger partial charge in [-0.05, 0) is 31.9 Å². The highest BCUT2D eigenvalue weighted by Gasteiger charge is 2.27. The number of rotatable bonds is 4. The van der Waals surface area contributed by atoms with E-state index in [0.717, 1.165) is 42.1 Å². The van der Waals surface area contributed by atoms with E-state index in [0.29, 0.717) is 5.82 Å². The Bertz CT molecular complexity index is 939. The lowest BCUT2D eigenvalue weighted by Gasteiger charge is -2.30. The number of aryl methyl sites for hydroxylation is 1. The van der Waals surface area contributed by atoms with Gasteiger partial charge >= 0.3 is 0 Å². The monoisotopic (exact) mass is 469 g/mol. The fourth-order valence-electron chi connectivity index (χ4n) is 3.50. The third-order valence-corrected chi connectivity index (χ3v) is 5.12. The van der Waals surface area contributed by atoms with Gasteiger partial charge in [-0.15, -0.1) is 24.8 Å². The molecule has 1 aromatic carbocycles. The van der Waals surface area contributed by atoms with E-state index in [4.69, 9.17) is 11.5 Å². The number of nitrogens with one attached hydrogen (secondary N) is 2. The highest BCUT2D eigenvalue weighted by atomic mass is 35.5. The van der Waals surface area contributed by atoms with E-state index in [2.05, 4.69) is 25.6 Å². The van der Waals surface area contributed by atoms with Crippen molar-refractivity contribution in [2.45, 2.75) is 65.5 Å². The van der Waals surface area contributed by atoms with Gasteiger partial charge in [0, 0.05) is 10.8 Å². The molecular weight excluding hydrogens is 437 g/mol. The molecule has 0 spiro atoms. The Morgan fingerprint density at radius 2 is 1.81 bits per heavy atom. The maximum atomic E-state index is 12.4. The number of fused-ring (bicyclic) bond motifs is 1. The van der Waals surface area contributed by atoms with Crippen molar-refractivity contribution >= 4 is 59.3 Å². The van der Waals surface area contributed by atoms with Gasteiger partial charge < -0.3 is 16.8 Å². The minimum Gasteiger partial charge on any atom is -0.370 e. The van der Waals surface area contributed by atoms with Crippen LogP contribution in [-0.2, 0) is 4.79 Å². The zero-order valence-corrected chi connectivity index (χ0v) is 20.1. The minimum absolute atomic E-state index is 0. The summed E-state index contributed by atoms with van der Waals surface area (Å²) < 4.78 is 0. The third kappa shape index (κ3) is 6.83. The van der Waals surface area contributed by atoms with Crippen LogP contribution in [0.5, 0.6) is 0 Å². The molecule has 1 aliphatic carbocycles. The van der Waals surface area contributed by atoms with Crippen molar-refractivity contribution in [3.63, 3.8) is 0 Å². The lowest BCUT2D eigenvalue weighted by atomic mass is 9.90. The van der Waals surface area contributed by atoms with E-state index in [9.17, 15) is 4.79 Å². The second-order valence-corrected chi connectivity index (χ2v) is 8.78. The van der Waals surface area contributed by atoms with Crippen LogP contribution in [-0.4, -0.2) is 33.9 Å². The van der Waals surface area contributed by atoms with Gasteiger partial charge in [0.1, 0.15) is 5.82 Å². The average Bonchev–Trinajstić information content (AvgIpc) is 2.62. The number of nitrogens with two attached hydrogens (primary N) is 2. The van der Waals surface area contributed by atoms with Crippen LogP contribution in [0.1, 0.15) is 52.0 Å². The maximum Gasteiger partial charge on any atom is 0.232 e. The quantitative estimate of drug-likeness (QED) is 0.398. The minimum atomic E-state index is -0.541. The molecule has 2 aromatic rings. The number of amides is 1. The Labute approximate surface area is 195 Å². The summed E-state index contributed by atoms with van der Waals surface area (Å²) in [4.78, 5) is 26.0. The summed E-state index contributed by atoms with van der Waals surface area (Å²) in [6.07, 6.45) is 4.06. The van der Waals surface area contributed by atoms with Crippen LogP contribution in [0.4, 0.5) is 11.8 Å². The summed E-state index contributed by atoms with van der Waals surface area (Å²) >= 11 is 0. The number of carbonyl (C=O) groups excluding carboxylic acids is 1. The molecule has 0 aliphatic heterocycles. The predicted molar refractivity (Wildman–Crippen MR) is 132 cm³/mol. The van der Waals surface area contributed by atoms with Crippen LogP contribution in [0.25, 0.3) is 10.9 Å². The summed E-state index contributed by atoms with van der Waals surface area (Å²) in [7, 11) is 0. The summed E-state index contributed by atoms with van der Waals surface area (Å²) in [5.74, 6) is 0.944. The van der Waals surface area contributed by atoms with Gasteiger partial charge in [-0.25, -0.2) is 9.98 Å². The summed E-state index contributed by atoms with van der Waals surface area (Å²) in [6, 6.07) is 6.05. The number of guanidine groups is 1. The van der Waals surface area contributed by atoms with E-state index in [-0.39, 0.29) is 54.7 Å². The maximum absolute atomic E-state index is 12.4. The van der Waals surface area contributed by atoms with E-state index in [1.165, 1.54) is 0 Å². The van der Waals surface area contributed by atoms with Gasteiger partial charge in [0.25, 0.3) is 0 Å². The number of carbonyl (C=O) groups is 1. The molecule has 3 rings (SSSR count). The van der Waals surface area contributed by atoms with Crippen LogP contribution in [0.15, 0.2) is 23.2 Å². The van der Waals surface area contributed by atoms with E-state index in [1.54, 1.807) is 0 Å². The molecule has 2 atom stereocenters. The van der Waals surface area contributed by atoms with E-state index >= 15 is 0 Å².